The van der Waals surface area contributed by atoms with Gasteiger partial charge in [-0.05, 0) is 25.0 Å². The number of carbonyl (C=O) groups excluding carboxylic acids is 1. The van der Waals surface area contributed by atoms with Gasteiger partial charge in [-0.25, -0.2) is 0 Å². The molecule has 1 aliphatic heterocycles. The third kappa shape index (κ3) is 1.02. The summed E-state index contributed by atoms with van der Waals surface area (Å²) in [5.41, 5.74) is 0.890. The average molecular weight is 164 g/mol. The lowest BCUT2D eigenvalue weighted by atomic mass is 9.96. The van der Waals surface area contributed by atoms with Crippen molar-refractivity contribution in [1.82, 2.24) is 4.57 Å². The minimum absolute atomic E-state index is 0.395. The van der Waals surface area contributed by atoms with E-state index in [4.69, 9.17) is 0 Å². The van der Waals surface area contributed by atoms with Gasteiger partial charge in [0.1, 0.15) is 0 Å². The molecule has 3 heteroatoms. The molecule has 0 saturated heterocycles. The lowest BCUT2D eigenvalue weighted by Gasteiger charge is -2.25. The molecule has 1 atom stereocenters. The molecule has 1 unspecified atom stereocenters. The van der Waals surface area contributed by atoms with Crippen molar-refractivity contribution in [2.24, 2.45) is 0 Å². The third-order valence-electron chi connectivity index (χ3n) is 2.40. The molecule has 0 saturated carbocycles. The first kappa shape index (κ1) is 7.40. The lowest BCUT2D eigenvalue weighted by Crippen LogP contribution is -2.33. The molecule has 2 rings (SSSR count). The minimum Gasteiger partial charge on any atom is -0.549 e. The van der Waals surface area contributed by atoms with Gasteiger partial charge < -0.3 is 14.5 Å². The van der Waals surface area contributed by atoms with Crippen LogP contribution < -0.4 is 5.11 Å². The van der Waals surface area contributed by atoms with Crippen molar-refractivity contribution in [3.63, 3.8) is 0 Å². The van der Waals surface area contributed by atoms with Crippen LogP contribution in [0.3, 0.4) is 0 Å². The van der Waals surface area contributed by atoms with Crippen molar-refractivity contribution in [3.05, 3.63) is 24.0 Å². The molecule has 0 amide bonds. The number of fused-ring (bicyclic) bond motifs is 1. The highest BCUT2D eigenvalue weighted by molar-refractivity contribution is 5.73. The summed E-state index contributed by atoms with van der Waals surface area (Å²) >= 11 is 0. The maximum atomic E-state index is 10.7. The zero-order valence-corrected chi connectivity index (χ0v) is 6.69. The number of hydrogen-bond donors (Lipinski definition) is 0. The first-order valence-electron chi connectivity index (χ1n) is 4.15. The van der Waals surface area contributed by atoms with E-state index in [0.29, 0.717) is 6.42 Å². The largest absolute Gasteiger partial charge is 0.549 e. The maximum absolute atomic E-state index is 10.7. The van der Waals surface area contributed by atoms with Crippen LogP contribution in [0.4, 0.5) is 0 Å². The molecule has 12 heavy (non-hydrogen) atoms. The summed E-state index contributed by atoms with van der Waals surface area (Å²) < 4.78 is 1.99. The van der Waals surface area contributed by atoms with Gasteiger partial charge in [0.05, 0.1) is 5.97 Å². The fourth-order valence-electron chi connectivity index (χ4n) is 1.80. The van der Waals surface area contributed by atoms with Crippen molar-refractivity contribution < 1.29 is 9.90 Å². The Balaban J connectivity index is 2.37. The minimum atomic E-state index is -0.949. The quantitative estimate of drug-likeness (QED) is 0.591. The Morgan fingerprint density at radius 1 is 1.67 bits per heavy atom. The van der Waals surface area contributed by atoms with E-state index in [2.05, 4.69) is 0 Å². The number of aromatic nitrogens is 1. The van der Waals surface area contributed by atoms with E-state index in [1.54, 1.807) is 0 Å². The number of aliphatic carboxylic acids is 1. The van der Waals surface area contributed by atoms with Crippen LogP contribution in [0.2, 0.25) is 0 Å². The van der Waals surface area contributed by atoms with E-state index >= 15 is 0 Å². The van der Waals surface area contributed by atoms with Crippen LogP contribution in [-0.2, 0) is 11.3 Å². The Hall–Kier alpha value is -1.25. The standard InChI is InChI=1S/C9H11NO2/c11-9(12)7-3-1-5-10-6-2-4-8(7)10/h2,4,6-7H,1,3,5H2,(H,11,12)/p-1. The number of carboxylic acid groups (broad SMARTS) is 1. The second-order valence-electron chi connectivity index (χ2n) is 3.14. The van der Waals surface area contributed by atoms with Gasteiger partial charge in [-0.1, -0.05) is 0 Å². The fraction of sp³-hybridized carbons (Fsp3) is 0.444. The molecule has 0 radical (unpaired) electrons. The highest BCUT2D eigenvalue weighted by atomic mass is 16.4. The van der Waals surface area contributed by atoms with Crippen LogP contribution >= 0.6 is 0 Å². The SMILES string of the molecule is O=C([O-])C1CCCn2cccc21. The molecule has 0 bridgehead atoms. The monoisotopic (exact) mass is 164 g/mol. The number of rotatable bonds is 1. The molecule has 0 aromatic carbocycles. The predicted molar refractivity (Wildman–Crippen MR) is 41.4 cm³/mol. The van der Waals surface area contributed by atoms with E-state index in [1.807, 2.05) is 22.9 Å². The van der Waals surface area contributed by atoms with Crippen LogP contribution in [-0.4, -0.2) is 10.5 Å². The number of nitrogens with zero attached hydrogens (tertiary/aromatic N) is 1. The van der Waals surface area contributed by atoms with E-state index in [-0.39, 0.29) is 0 Å². The van der Waals surface area contributed by atoms with Crippen molar-refractivity contribution in [2.45, 2.75) is 25.3 Å². The smallest absolute Gasteiger partial charge is 0.0504 e. The third-order valence-corrected chi connectivity index (χ3v) is 2.40. The molecule has 0 fully saturated rings. The zero-order chi connectivity index (χ0) is 8.55. The summed E-state index contributed by atoms with van der Waals surface area (Å²) in [5.74, 6) is -1.34. The summed E-state index contributed by atoms with van der Waals surface area (Å²) in [5, 5.41) is 10.7. The fourth-order valence-corrected chi connectivity index (χ4v) is 1.80. The molecule has 0 spiro atoms. The van der Waals surface area contributed by atoms with Crippen molar-refractivity contribution >= 4 is 5.97 Å². The summed E-state index contributed by atoms with van der Waals surface area (Å²) in [6, 6.07) is 3.75. The average Bonchev–Trinajstić information content (AvgIpc) is 2.49. The summed E-state index contributed by atoms with van der Waals surface area (Å²) in [7, 11) is 0. The first-order chi connectivity index (χ1) is 5.79. The molecule has 1 aromatic heterocycles. The van der Waals surface area contributed by atoms with Crippen LogP contribution in [0.1, 0.15) is 24.5 Å². The van der Waals surface area contributed by atoms with Gasteiger partial charge in [0.2, 0.25) is 0 Å². The molecule has 0 N–H and O–H groups in total. The number of hydrogen-bond acceptors (Lipinski definition) is 2. The molecule has 1 aliphatic rings. The number of carboxylic acids is 1. The zero-order valence-electron chi connectivity index (χ0n) is 6.69. The second-order valence-corrected chi connectivity index (χ2v) is 3.14. The highest BCUT2D eigenvalue weighted by Crippen LogP contribution is 2.26. The second kappa shape index (κ2) is 2.66. The lowest BCUT2D eigenvalue weighted by molar-refractivity contribution is -0.308. The Morgan fingerprint density at radius 2 is 2.50 bits per heavy atom. The van der Waals surface area contributed by atoms with Crippen molar-refractivity contribution in [3.8, 4) is 0 Å². The van der Waals surface area contributed by atoms with Gasteiger partial charge >= 0.3 is 0 Å². The van der Waals surface area contributed by atoms with Crippen LogP contribution in [0.25, 0.3) is 0 Å². The van der Waals surface area contributed by atoms with E-state index < -0.39 is 11.9 Å². The highest BCUT2D eigenvalue weighted by Gasteiger charge is 2.19. The van der Waals surface area contributed by atoms with Gasteiger partial charge in [-0.15, -0.1) is 0 Å². The number of aryl methyl sites for hydroxylation is 1. The summed E-state index contributed by atoms with van der Waals surface area (Å²) in [4.78, 5) is 10.7. The van der Waals surface area contributed by atoms with Crippen LogP contribution in [0, 0.1) is 0 Å². The van der Waals surface area contributed by atoms with E-state index in [0.717, 1.165) is 18.7 Å². The van der Waals surface area contributed by atoms with Gasteiger partial charge in [-0.3, -0.25) is 0 Å². The van der Waals surface area contributed by atoms with E-state index in [9.17, 15) is 9.90 Å². The van der Waals surface area contributed by atoms with Gasteiger partial charge in [0.15, 0.2) is 0 Å². The Kier molecular flexibility index (Phi) is 1.64. The number of carbonyl (C=O) groups is 1. The van der Waals surface area contributed by atoms with Gasteiger partial charge in [-0.2, -0.15) is 0 Å². The molecule has 1 aromatic rings. The van der Waals surface area contributed by atoms with Crippen molar-refractivity contribution in [1.29, 1.82) is 0 Å². The maximum Gasteiger partial charge on any atom is 0.0504 e. The molecule has 2 heterocycles. The van der Waals surface area contributed by atoms with Gasteiger partial charge in [0, 0.05) is 24.4 Å². The molecule has 3 nitrogen and oxygen atoms in total. The molecule has 64 valence electrons. The van der Waals surface area contributed by atoms with E-state index in [1.165, 1.54) is 0 Å². The van der Waals surface area contributed by atoms with Crippen LogP contribution in [0.15, 0.2) is 18.3 Å². The Morgan fingerprint density at radius 3 is 3.25 bits per heavy atom. The van der Waals surface area contributed by atoms with Gasteiger partial charge in [0.25, 0.3) is 0 Å². The molecular weight excluding hydrogens is 154 g/mol. The summed E-state index contributed by atoms with van der Waals surface area (Å²) in [6.45, 7) is 0.937. The normalized spacial score (nSPS) is 21.8. The van der Waals surface area contributed by atoms with Crippen molar-refractivity contribution in [2.75, 3.05) is 0 Å². The topological polar surface area (TPSA) is 45.1 Å². The Bertz CT molecular complexity index is 303. The van der Waals surface area contributed by atoms with Crippen LogP contribution in [0.5, 0.6) is 0 Å². The molecular formula is C9H10NO2-. The predicted octanol–water partition coefficient (Wildman–Crippen LogP) is 0.115. The molecule has 0 aliphatic carbocycles. The Labute approximate surface area is 70.6 Å². The first-order valence-corrected chi connectivity index (χ1v) is 4.15. The summed E-state index contributed by atoms with van der Waals surface area (Å²) in [6.07, 6.45) is 3.57.